The van der Waals surface area contributed by atoms with Crippen molar-refractivity contribution >= 4 is 7.82 Å². The maximum Gasteiger partial charge on any atom is 0.250 e. The van der Waals surface area contributed by atoms with E-state index in [-0.39, 0.29) is 0 Å². The molecule has 0 saturated carbocycles. The molecule has 0 aromatic carbocycles. The van der Waals surface area contributed by atoms with Crippen molar-refractivity contribution in [3.05, 3.63) is 36.4 Å². The topological polar surface area (TPSA) is 112 Å². The first-order valence-corrected chi connectivity index (χ1v) is 7.20. The first-order valence-electron chi connectivity index (χ1n) is 5.74. The minimum atomic E-state index is -4.65. The molecular formula is C11H21N4O4P. The van der Waals surface area contributed by atoms with Crippen molar-refractivity contribution in [2.75, 3.05) is 7.11 Å². The molecular weight excluding hydrogens is 283 g/mol. The summed E-state index contributed by atoms with van der Waals surface area (Å²) in [7, 11) is 0.185. The van der Waals surface area contributed by atoms with Crippen LogP contribution in [0.5, 0.6) is 0 Å². The summed E-state index contributed by atoms with van der Waals surface area (Å²) in [6, 6.07) is 0. The Morgan fingerprint density at radius 3 is 1.40 bits per heavy atom. The summed E-state index contributed by atoms with van der Waals surface area (Å²) < 4.78 is 16.7. The lowest BCUT2D eigenvalue weighted by Gasteiger charge is -2.25. The third-order valence-electron chi connectivity index (χ3n) is 2.46. The number of hydrogen-bond acceptors (Lipinski definition) is 4. The molecule has 2 heterocycles. The predicted molar refractivity (Wildman–Crippen MR) is 68.0 cm³/mol. The van der Waals surface area contributed by atoms with Gasteiger partial charge in [0.25, 0.3) is 11.6 Å². The van der Waals surface area contributed by atoms with E-state index in [0.717, 1.165) is 7.11 Å². The molecule has 0 spiro atoms. The highest BCUT2D eigenvalue weighted by atomic mass is 31.2. The molecule has 0 aliphatic rings. The van der Waals surface area contributed by atoms with Gasteiger partial charge in [-0.2, -0.15) is 0 Å². The zero-order valence-corrected chi connectivity index (χ0v) is 13.2. The number of phosphoric ester groups is 1. The van der Waals surface area contributed by atoms with Crippen LogP contribution in [0.2, 0.25) is 0 Å². The number of aromatic amines is 2. The standard InChI is InChI=1S/2C5H8N2.CH5O4P/c2*1-5-6-3-4-7(5)2;1-5-6(2,3)4/h2*3-4H,1-2H3;1H3,(H2,2,3,4). The highest BCUT2D eigenvalue weighted by molar-refractivity contribution is 7.43. The molecule has 0 radical (unpaired) electrons. The van der Waals surface area contributed by atoms with E-state index in [1.807, 2.05) is 61.9 Å². The number of aryl methyl sites for hydroxylation is 4. The fourth-order valence-electron chi connectivity index (χ4n) is 0.967. The molecule has 0 bridgehead atoms. The Hall–Kier alpha value is -1.47. The van der Waals surface area contributed by atoms with Gasteiger partial charge in [0, 0.05) is 21.0 Å². The van der Waals surface area contributed by atoms with Crippen molar-refractivity contribution in [2.45, 2.75) is 13.8 Å². The molecule has 8 nitrogen and oxygen atoms in total. The largest absolute Gasteiger partial charge is 0.790 e. The Morgan fingerprint density at radius 1 is 1.05 bits per heavy atom. The van der Waals surface area contributed by atoms with Crippen molar-refractivity contribution < 1.29 is 28.0 Å². The zero-order chi connectivity index (χ0) is 15.8. The summed E-state index contributed by atoms with van der Waals surface area (Å²) in [5.74, 6) is 2.36. The fraction of sp³-hybridized carbons (Fsp3) is 0.455. The number of phosphoric acid groups is 1. The number of nitrogens with one attached hydrogen (secondary N) is 2. The molecule has 9 heteroatoms. The molecule has 2 rings (SSSR count). The van der Waals surface area contributed by atoms with E-state index in [4.69, 9.17) is 0 Å². The smallest absolute Gasteiger partial charge is 0.250 e. The highest BCUT2D eigenvalue weighted by Gasteiger charge is 1.93. The monoisotopic (exact) mass is 304 g/mol. The van der Waals surface area contributed by atoms with E-state index in [1.165, 1.54) is 11.6 Å². The van der Waals surface area contributed by atoms with Gasteiger partial charge in [-0.3, -0.25) is 0 Å². The van der Waals surface area contributed by atoms with Crippen LogP contribution in [-0.4, -0.2) is 17.1 Å². The molecule has 2 aromatic rings. The molecule has 0 saturated heterocycles. The third-order valence-corrected chi connectivity index (χ3v) is 2.91. The van der Waals surface area contributed by atoms with Gasteiger partial charge in [-0.25, -0.2) is 19.1 Å². The molecule has 2 aromatic heterocycles. The Bertz CT molecular complexity index is 475. The van der Waals surface area contributed by atoms with E-state index in [0.29, 0.717) is 0 Å². The molecule has 0 amide bonds. The molecule has 0 aliphatic heterocycles. The van der Waals surface area contributed by atoms with E-state index >= 15 is 0 Å². The predicted octanol–water partition coefficient (Wildman–Crippen LogP) is -1.24. The van der Waals surface area contributed by atoms with Crippen LogP contribution in [0.15, 0.2) is 24.8 Å². The highest BCUT2D eigenvalue weighted by Crippen LogP contribution is 2.21. The Labute approximate surface area is 118 Å². The first kappa shape index (κ1) is 18.5. The van der Waals surface area contributed by atoms with Crippen molar-refractivity contribution in [2.24, 2.45) is 14.1 Å². The van der Waals surface area contributed by atoms with Crippen LogP contribution in [0, 0.1) is 13.8 Å². The van der Waals surface area contributed by atoms with Gasteiger partial charge in [0.05, 0.1) is 21.9 Å². The number of hydrogen-bond donors (Lipinski definition) is 2. The molecule has 0 fully saturated rings. The normalized spacial score (nSPS) is 10.2. The average molecular weight is 304 g/mol. The summed E-state index contributed by atoms with van der Waals surface area (Å²) >= 11 is 0. The second kappa shape index (κ2) is 8.65. The number of rotatable bonds is 1. The summed E-state index contributed by atoms with van der Waals surface area (Å²) in [5.41, 5.74) is 0. The molecule has 2 N–H and O–H groups in total. The van der Waals surface area contributed by atoms with Gasteiger partial charge in [-0.1, -0.05) is 0 Å². The Kier molecular flexibility index (Phi) is 8.02. The minimum absolute atomic E-state index is 0.820. The van der Waals surface area contributed by atoms with Gasteiger partial charge in [-0.05, 0) is 0 Å². The van der Waals surface area contributed by atoms with Gasteiger partial charge < -0.3 is 18.9 Å². The van der Waals surface area contributed by atoms with Crippen molar-refractivity contribution in [1.82, 2.24) is 9.97 Å². The summed E-state index contributed by atoms with van der Waals surface area (Å²) in [6.07, 6.45) is 7.79. The van der Waals surface area contributed by atoms with Crippen LogP contribution in [0.3, 0.4) is 0 Å². The summed E-state index contributed by atoms with van der Waals surface area (Å²) in [6.45, 7) is 4.06. The van der Waals surface area contributed by atoms with Crippen molar-refractivity contribution in [1.29, 1.82) is 0 Å². The van der Waals surface area contributed by atoms with Crippen LogP contribution in [0.25, 0.3) is 0 Å². The third kappa shape index (κ3) is 8.60. The maximum atomic E-state index is 9.25. The zero-order valence-electron chi connectivity index (χ0n) is 12.3. The van der Waals surface area contributed by atoms with E-state index < -0.39 is 7.82 Å². The lowest BCUT2D eigenvalue weighted by Crippen LogP contribution is -2.27. The Balaban J connectivity index is 0.000000272. The molecule has 0 aliphatic carbocycles. The number of H-pyrrole nitrogens is 2. The second-order valence-electron chi connectivity index (χ2n) is 3.94. The molecule has 20 heavy (non-hydrogen) atoms. The summed E-state index contributed by atoms with van der Waals surface area (Å²) in [4.78, 5) is 24.6. The number of aromatic nitrogens is 4. The van der Waals surface area contributed by atoms with Crippen LogP contribution in [0.1, 0.15) is 11.6 Å². The molecule has 114 valence electrons. The van der Waals surface area contributed by atoms with Gasteiger partial charge in [0.2, 0.25) is 0 Å². The first-order chi connectivity index (χ1) is 9.17. The number of imidazole rings is 2. The maximum absolute atomic E-state index is 9.25. The van der Waals surface area contributed by atoms with E-state index in [1.54, 1.807) is 0 Å². The molecule has 0 atom stereocenters. The summed E-state index contributed by atoms with van der Waals surface area (Å²) in [5, 5.41) is 0. The van der Waals surface area contributed by atoms with E-state index in [9.17, 15) is 14.4 Å². The van der Waals surface area contributed by atoms with E-state index in [2.05, 4.69) is 14.5 Å². The van der Waals surface area contributed by atoms with Crippen LogP contribution < -0.4 is 18.9 Å². The fourth-order valence-corrected chi connectivity index (χ4v) is 0.967. The second-order valence-corrected chi connectivity index (χ2v) is 5.20. The SMILES string of the molecule is COP(=O)([O-])[O-].Cc1[nH]cc[n+]1C.Cc1[nH]cc[n+]1C. The number of nitrogens with zero attached hydrogens (tertiary/aromatic N) is 2. The van der Waals surface area contributed by atoms with Crippen LogP contribution in [0.4, 0.5) is 0 Å². The van der Waals surface area contributed by atoms with Crippen LogP contribution >= 0.6 is 7.82 Å². The van der Waals surface area contributed by atoms with Crippen LogP contribution in [-0.2, 0) is 23.2 Å². The molecule has 0 unspecified atom stereocenters. The Morgan fingerprint density at radius 2 is 1.35 bits per heavy atom. The minimum Gasteiger partial charge on any atom is -0.790 e. The van der Waals surface area contributed by atoms with Crippen molar-refractivity contribution in [3.63, 3.8) is 0 Å². The van der Waals surface area contributed by atoms with Gasteiger partial charge in [0.1, 0.15) is 24.8 Å². The van der Waals surface area contributed by atoms with Gasteiger partial charge in [0.15, 0.2) is 0 Å². The lowest BCUT2D eigenvalue weighted by molar-refractivity contribution is -0.676. The lowest BCUT2D eigenvalue weighted by atomic mass is 10.7. The van der Waals surface area contributed by atoms with Gasteiger partial charge >= 0.3 is 0 Å². The quantitative estimate of drug-likeness (QED) is 0.507. The van der Waals surface area contributed by atoms with Crippen molar-refractivity contribution in [3.8, 4) is 0 Å². The van der Waals surface area contributed by atoms with Gasteiger partial charge in [-0.15, -0.1) is 0 Å². The average Bonchev–Trinajstić information content (AvgIpc) is 2.91.